The van der Waals surface area contributed by atoms with Gasteiger partial charge in [-0.2, -0.15) is 0 Å². The molecule has 0 spiro atoms. The van der Waals surface area contributed by atoms with Gasteiger partial charge in [0.15, 0.2) is 0 Å². The van der Waals surface area contributed by atoms with Gasteiger partial charge < -0.3 is 4.90 Å². The monoisotopic (exact) mass is 439 g/mol. The van der Waals surface area contributed by atoms with E-state index in [4.69, 9.17) is 11.6 Å². The van der Waals surface area contributed by atoms with Crippen molar-refractivity contribution < 1.29 is 9.18 Å². The molecule has 1 fully saturated rings. The Balaban J connectivity index is 1.29. The van der Waals surface area contributed by atoms with Crippen LogP contribution in [-0.2, 0) is 6.54 Å². The standard InChI is InChI=1S/C23H19ClFN3OS/c24-20-18-7-6-17(25)13-19(18)30-22(20)23(29)28-11-9-27(10-12-28)14-16-4-1-3-15-5-2-8-26-21(15)16/h1-8,13H,9-12,14H2. The maximum atomic E-state index is 13.5. The van der Waals surface area contributed by atoms with E-state index in [1.165, 1.54) is 29.0 Å². The van der Waals surface area contributed by atoms with Gasteiger partial charge >= 0.3 is 0 Å². The molecule has 0 N–H and O–H groups in total. The van der Waals surface area contributed by atoms with Crippen LogP contribution in [0.5, 0.6) is 0 Å². The van der Waals surface area contributed by atoms with Crippen LogP contribution in [-0.4, -0.2) is 46.9 Å². The van der Waals surface area contributed by atoms with Crippen molar-refractivity contribution in [2.75, 3.05) is 26.2 Å². The largest absolute Gasteiger partial charge is 0.335 e. The Morgan fingerprint density at radius 3 is 2.73 bits per heavy atom. The molecular formula is C23H19ClFN3OS. The number of fused-ring (bicyclic) bond motifs is 2. The number of hydrogen-bond acceptors (Lipinski definition) is 4. The molecular weight excluding hydrogens is 421 g/mol. The zero-order valence-electron chi connectivity index (χ0n) is 16.1. The summed E-state index contributed by atoms with van der Waals surface area (Å²) < 4.78 is 14.2. The molecule has 3 heterocycles. The molecule has 0 aliphatic carbocycles. The number of halogens is 2. The molecule has 1 aliphatic rings. The molecule has 2 aromatic carbocycles. The Morgan fingerprint density at radius 2 is 1.90 bits per heavy atom. The van der Waals surface area contributed by atoms with Gasteiger partial charge in [0, 0.05) is 54.4 Å². The van der Waals surface area contributed by atoms with Crippen molar-refractivity contribution >= 4 is 49.8 Å². The maximum absolute atomic E-state index is 13.5. The van der Waals surface area contributed by atoms with Crippen molar-refractivity contribution in [3.63, 3.8) is 0 Å². The van der Waals surface area contributed by atoms with Crippen LogP contribution in [0.3, 0.4) is 0 Å². The number of amides is 1. The van der Waals surface area contributed by atoms with E-state index in [1.54, 1.807) is 6.07 Å². The Morgan fingerprint density at radius 1 is 1.10 bits per heavy atom. The summed E-state index contributed by atoms with van der Waals surface area (Å²) in [5, 5.41) is 2.29. The molecule has 30 heavy (non-hydrogen) atoms. The number of pyridine rings is 1. The number of rotatable bonds is 3. The molecule has 7 heteroatoms. The topological polar surface area (TPSA) is 36.4 Å². The fourth-order valence-corrected chi connectivity index (χ4v) is 5.47. The average Bonchev–Trinajstić information content (AvgIpc) is 3.09. The quantitative estimate of drug-likeness (QED) is 0.440. The van der Waals surface area contributed by atoms with Crippen molar-refractivity contribution in [2.45, 2.75) is 6.54 Å². The number of carbonyl (C=O) groups is 1. The fourth-order valence-electron chi connectivity index (χ4n) is 3.97. The molecule has 0 radical (unpaired) electrons. The van der Waals surface area contributed by atoms with E-state index in [-0.39, 0.29) is 11.7 Å². The van der Waals surface area contributed by atoms with E-state index in [0.29, 0.717) is 27.7 Å². The minimum atomic E-state index is -0.323. The Hall–Kier alpha value is -2.54. The first-order valence-corrected chi connectivity index (χ1v) is 11.0. The highest BCUT2D eigenvalue weighted by molar-refractivity contribution is 7.21. The van der Waals surface area contributed by atoms with Crippen LogP contribution in [0.15, 0.2) is 54.7 Å². The molecule has 0 unspecified atom stereocenters. The lowest BCUT2D eigenvalue weighted by atomic mass is 10.1. The highest BCUT2D eigenvalue weighted by Gasteiger charge is 2.26. The number of para-hydroxylation sites is 1. The molecule has 0 saturated carbocycles. The van der Waals surface area contributed by atoms with Crippen LogP contribution in [0.1, 0.15) is 15.2 Å². The van der Waals surface area contributed by atoms with E-state index < -0.39 is 0 Å². The van der Waals surface area contributed by atoms with Crippen LogP contribution in [0.2, 0.25) is 5.02 Å². The second kappa shape index (κ2) is 7.95. The van der Waals surface area contributed by atoms with Crippen molar-refractivity contribution in [3.8, 4) is 0 Å². The van der Waals surface area contributed by atoms with Gasteiger partial charge in [-0.05, 0) is 29.8 Å². The summed E-state index contributed by atoms with van der Waals surface area (Å²) in [7, 11) is 0. The van der Waals surface area contributed by atoms with E-state index >= 15 is 0 Å². The smallest absolute Gasteiger partial charge is 0.265 e. The molecule has 0 atom stereocenters. The predicted octanol–water partition coefficient (Wildman–Crippen LogP) is 5.20. The average molecular weight is 440 g/mol. The first kappa shape index (κ1) is 19.4. The van der Waals surface area contributed by atoms with Gasteiger partial charge in [0.2, 0.25) is 0 Å². The number of aromatic nitrogens is 1. The molecule has 0 bridgehead atoms. The summed E-state index contributed by atoms with van der Waals surface area (Å²) in [5.41, 5.74) is 2.23. The van der Waals surface area contributed by atoms with Gasteiger partial charge in [-0.15, -0.1) is 11.3 Å². The molecule has 1 amide bonds. The normalized spacial score (nSPS) is 15.2. The molecule has 5 rings (SSSR count). The summed E-state index contributed by atoms with van der Waals surface area (Å²) in [6.07, 6.45) is 1.82. The number of carbonyl (C=O) groups excluding carboxylic acids is 1. The summed E-state index contributed by atoms with van der Waals surface area (Å²) >= 11 is 7.70. The summed E-state index contributed by atoms with van der Waals surface area (Å²) in [5.74, 6) is -0.399. The van der Waals surface area contributed by atoms with E-state index in [9.17, 15) is 9.18 Å². The zero-order valence-corrected chi connectivity index (χ0v) is 17.7. The highest BCUT2D eigenvalue weighted by Crippen LogP contribution is 2.36. The zero-order chi connectivity index (χ0) is 20.7. The van der Waals surface area contributed by atoms with Crippen LogP contribution >= 0.6 is 22.9 Å². The number of thiophene rings is 1. The molecule has 1 aliphatic heterocycles. The third-order valence-corrected chi connectivity index (χ3v) is 7.20. The van der Waals surface area contributed by atoms with E-state index in [0.717, 1.165) is 35.9 Å². The van der Waals surface area contributed by atoms with Crippen LogP contribution in [0.4, 0.5) is 4.39 Å². The number of piperazine rings is 1. The lowest BCUT2D eigenvalue weighted by Crippen LogP contribution is -2.48. The van der Waals surface area contributed by atoms with Gasteiger partial charge in [0.05, 0.1) is 10.5 Å². The summed E-state index contributed by atoms with van der Waals surface area (Å²) in [6, 6.07) is 14.7. The first-order chi connectivity index (χ1) is 14.6. The van der Waals surface area contributed by atoms with Gasteiger partial charge in [0.1, 0.15) is 10.7 Å². The number of benzene rings is 2. The van der Waals surface area contributed by atoms with Crippen molar-refractivity contribution in [3.05, 3.63) is 76.0 Å². The van der Waals surface area contributed by atoms with Gasteiger partial charge in [-0.1, -0.05) is 35.9 Å². The van der Waals surface area contributed by atoms with Gasteiger partial charge in [-0.3, -0.25) is 14.7 Å². The molecule has 2 aromatic heterocycles. The molecule has 4 nitrogen and oxygen atoms in total. The third kappa shape index (κ3) is 3.55. The summed E-state index contributed by atoms with van der Waals surface area (Å²) in [6.45, 7) is 3.64. The Kier molecular flexibility index (Phi) is 5.15. The Bertz CT molecular complexity index is 1240. The van der Waals surface area contributed by atoms with E-state index in [2.05, 4.69) is 34.1 Å². The van der Waals surface area contributed by atoms with Crippen LogP contribution < -0.4 is 0 Å². The number of nitrogens with zero attached hydrogens (tertiary/aromatic N) is 3. The van der Waals surface area contributed by atoms with Crippen molar-refractivity contribution in [1.82, 2.24) is 14.8 Å². The third-order valence-electron chi connectivity index (χ3n) is 5.56. The lowest BCUT2D eigenvalue weighted by molar-refractivity contribution is 0.0634. The fraction of sp³-hybridized carbons (Fsp3) is 0.217. The SMILES string of the molecule is O=C(c1sc2cc(F)ccc2c1Cl)N1CCN(Cc2cccc3cccnc23)CC1. The van der Waals surface area contributed by atoms with Crippen LogP contribution in [0.25, 0.3) is 21.0 Å². The maximum Gasteiger partial charge on any atom is 0.265 e. The van der Waals surface area contributed by atoms with Crippen LogP contribution in [0, 0.1) is 5.82 Å². The van der Waals surface area contributed by atoms with Gasteiger partial charge in [-0.25, -0.2) is 4.39 Å². The van der Waals surface area contributed by atoms with E-state index in [1.807, 2.05) is 17.2 Å². The van der Waals surface area contributed by atoms with Crippen molar-refractivity contribution in [2.24, 2.45) is 0 Å². The number of hydrogen-bond donors (Lipinski definition) is 0. The Labute approximate surface area is 182 Å². The second-order valence-electron chi connectivity index (χ2n) is 7.45. The lowest BCUT2D eigenvalue weighted by Gasteiger charge is -2.34. The molecule has 152 valence electrons. The van der Waals surface area contributed by atoms with Crippen molar-refractivity contribution in [1.29, 1.82) is 0 Å². The molecule has 4 aromatic rings. The summed E-state index contributed by atoms with van der Waals surface area (Å²) in [4.78, 5) is 22.2. The minimum absolute atomic E-state index is 0.0758. The molecule has 1 saturated heterocycles. The second-order valence-corrected chi connectivity index (χ2v) is 8.88. The predicted molar refractivity (Wildman–Crippen MR) is 120 cm³/mol. The highest BCUT2D eigenvalue weighted by atomic mass is 35.5. The first-order valence-electron chi connectivity index (χ1n) is 9.82. The minimum Gasteiger partial charge on any atom is -0.335 e. The van der Waals surface area contributed by atoms with Gasteiger partial charge in [0.25, 0.3) is 5.91 Å².